The first-order valence-electron chi connectivity index (χ1n) is 10.2. The number of benzene rings is 2. The maximum Gasteiger partial charge on any atom is 0.258 e. The summed E-state index contributed by atoms with van der Waals surface area (Å²) >= 11 is 7.33. The fourth-order valence-corrected chi connectivity index (χ4v) is 4.77. The highest BCUT2D eigenvalue weighted by Gasteiger charge is 2.34. The van der Waals surface area contributed by atoms with Crippen LogP contribution in [0.4, 0.5) is 8.78 Å². The average Bonchev–Trinajstić information content (AvgIpc) is 3.50. The Labute approximate surface area is 198 Å². The molecule has 2 aromatic heterocycles. The number of rotatable bonds is 5. The Balaban J connectivity index is 1.59. The van der Waals surface area contributed by atoms with Crippen LogP contribution in [-0.2, 0) is 6.54 Å². The number of halogens is 2. The molecule has 1 N–H and O–H groups in total. The van der Waals surface area contributed by atoms with E-state index in [4.69, 9.17) is 16.7 Å². The van der Waals surface area contributed by atoms with Crippen molar-refractivity contribution in [1.29, 1.82) is 0 Å². The first-order chi connectivity index (χ1) is 16.0. The quantitative estimate of drug-likeness (QED) is 0.357. The summed E-state index contributed by atoms with van der Waals surface area (Å²) in [5.74, 6) is -0.00450. The number of aromatic nitrogens is 2. The van der Waals surface area contributed by atoms with Gasteiger partial charge in [0.1, 0.15) is 11.6 Å². The molecule has 1 aliphatic heterocycles. The van der Waals surface area contributed by atoms with E-state index in [0.717, 1.165) is 21.7 Å². The van der Waals surface area contributed by atoms with Crippen LogP contribution in [0.1, 0.15) is 29.3 Å². The molecule has 0 saturated heterocycles. The molecule has 1 aliphatic rings. The van der Waals surface area contributed by atoms with Gasteiger partial charge in [0, 0.05) is 16.1 Å². The molecule has 0 fully saturated rings. The van der Waals surface area contributed by atoms with E-state index in [1.165, 1.54) is 24.3 Å². The molecule has 5 rings (SSSR count). The van der Waals surface area contributed by atoms with E-state index in [-0.39, 0.29) is 11.6 Å². The third-order valence-electron chi connectivity index (χ3n) is 5.45. The Morgan fingerprint density at radius 1 is 1.06 bits per heavy atom. The Morgan fingerprint density at radius 3 is 2.42 bits per heavy atom. The lowest BCUT2D eigenvalue weighted by atomic mass is 9.94. The van der Waals surface area contributed by atoms with Crippen molar-refractivity contribution < 1.29 is 13.3 Å². The summed E-state index contributed by atoms with van der Waals surface area (Å²) in [5.41, 5.74) is 3.05. The van der Waals surface area contributed by atoms with Crippen LogP contribution < -0.4 is 5.32 Å². The number of thiophene rings is 1. The number of allylic oxidation sites excluding steroid dienone is 1. The number of nitrogens with one attached hydrogen (secondary N) is 1. The molecule has 0 aliphatic carbocycles. The normalized spacial score (nSPS) is 16.3. The molecule has 2 aromatic carbocycles. The highest BCUT2D eigenvalue weighted by Crippen LogP contribution is 2.38. The lowest BCUT2D eigenvalue weighted by Crippen LogP contribution is -2.45. The van der Waals surface area contributed by atoms with Crippen molar-refractivity contribution in [3.63, 3.8) is 0 Å². The lowest BCUT2D eigenvalue weighted by Gasteiger charge is -2.37. The Hall–Kier alpha value is -3.43. The minimum atomic E-state index is -0.404. The molecule has 0 bridgehead atoms. The molecular weight excluding hydrogens is 462 g/mol. The summed E-state index contributed by atoms with van der Waals surface area (Å²) in [5, 5.41) is 10.0. The van der Waals surface area contributed by atoms with Crippen LogP contribution in [0.25, 0.3) is 17.0 Å². The predicted octanol–water partition coefficient (Wildman–Crippen LogP) is 5.94. The van der Waals surface area contributed by atoms with Crippen LogP contribution in [-0.4, -0.2) is 20.2 Å². The molecule has 1 atom stereocenters. The third-order valence-corrected chi connectivity index (χ3v) is 6.65. The van der Waals surface area contributed by atoms with Crippen LogP contribution in [0.15, 0.2) is 76.3 Å². The highest BCUT2D eigenvalue weighted by atomic mass is 32.1. The van der Waals surface area contributed by atoms with Crippen molar-refractivity contribution in [3.8, 4) is 11.4 Å². The van der Waals surface area contributed by atoms with Gasteiger partial charge in [0.2, 0.25) is 5.82 Å². The molecule has 5 nitrogen and oxygen atoms in total. The highest BCUT2D eigenvalue weighted by molar-refractivity contribution is 7.80. The third kappa shape index (κ3) is 4.29. The smallest absolute Gasteiger partial charge is 0.258 e. The second-order valence-electron chi connectivity index (χ2n) is 7.53. The minimum absolute atomic E-state index is 0.312. The average molecular weight is 481 g/mol. The van der Waals surface area contributed by atoms with Gasteiger partial charge in [0.25, 0.3) is 5.89 Å². The fourth-order valence-electron chi connectivity index (χ4n) is 3.76. The van der Waals surface area contributed by atoms with E-state index >= 15 is 0 Å². The zero-order valence-corrected chi connectivity index (χ0v) is 19.1. The Kier molecular flexibility index (Phi) is 5.74. The van der Waals surface area contributed by atoms with Gasteiger partial charge < -0.3 is 14.7 Å². The molecule has 0 saturated carbocycles. The summed E-state index contributed by atoms with van der Waals surface area (Å²) in [6, 6.07) is 15.7. The summed E-state index contributed by atoms with van der Waals surface area (Å²) in [7, 11) is 0. The number of thiocarbonyl (C=S) groups is 1. The van der Waals surface area contributed by atoms with E-state index in [9.17, 15) is 8.78 Å². The molecule has 0 amide bonds. The van der Waals surface area contributed by atoms with E-state index in [0.29, 0.717) is 28.9 Å². The van der Waals surface area contributed by atoms with E-state index in [2.05, 4.69) is 15.5 Å². The molecule has 4 aromatic rings. The molecule has 9 heteroatoms. The van der Waals surface area contributed by atoms with Crippen molar-refractivity contribution in [2.75, 3.05) is 0 Å². The van der Waals surface area contributed by atoms with Gasteiger partial charge in [-0.25, -0.2) is 8.78 Å². The van der Waals surface area contributed by atoms with Gasteiger partial charge in [0.05, 0.1) is 18.2 Å². The van der Waals surface area contributed by atoms with Gasteiger partial charge in [-0.3, -0.25) is 0 Å². The van der Waals surface area contributed by atoms with Crippen LogP contribution in [0.5, 0.6) is 0 Å². The second-order valence-corrected chi connectivity index (χ2v) is 8.95. The molecule has 0 spiro atoms. The summed E-state index contributed by atoms with van der Waals surface area (Å²) in [6.07, 6.45) is 0. The van der Waals surface area contributed by atoms with Crippen LogP contribution in [0.3, 0.4) is 0 Å². The Morgan fingerprint density at radius 2 is 1.76 bits per heavy atom. The van der Waals surface area contributed by atoms with Gasteiger partial charge in [-0.1, -0.05) is 23.4 Å². The molecule has 3 heterocycles. The standard InChI is InChI=1S/C24H18F2N4OS2/c1-14-20(23-28-22(29-31-23)16-6-10-18(26)11-7-16)21(15-4-8-17(25)9-5-15)27-24(32)30(14)13-19-3-2-12-33-19/h2-12,21H,13H2,1H3,(H,27,32). The van der Waals surface area contributed by atoms with E-state index in [1.807, 2.05) is 29.3 Å². The van der Waals surface area contributed by atoms with Gasteiger partial charge >= 0.3 is 0 Å². The number of nitrogens with zero attached hydrogens (tertiary/aromatic N) is 3. The Bertz CT molecular complexity index is 1320. The van der Waals surface area contributed by atoms with Crippen molar-refractivity contribution in [1.82, 2.24) is 20.4 Å². The van der Waals surface area contributed by atoms with Crippen LogP contribution in [0.2, 0.25) is 0 Å². The van der Waals surface area contributed by atoms with Crippen molar-refractivity contribution in [3.05, 3.63) is 99.7 Å². The molecular formula is C24H18F2N4OS2. The first kappa shape index (κ1) is 21.4. The molecule has 33 heavy (non-hydrogen) atoms. The maximum atomic E-state index is 13.6. The summed E-state index contributed by atoms with van der Waals surface area (Å²) in [6.45, 7) is 2.54. The van der Waals surface area contributed by atoms with Crippen LogP contribution in [0, 0.1) is 11.6 Å². The summed E-state index contributed by atoms with van der Waals surface area (Å²) in [4.78, 5) is 7.73. The van der Waals surface area contributed by atoms with Crippen LogP contribution >= 0.6 is 23.6 Å². The fraction of sp³-hybridized carbons (Fsp3) is 0.125. The summed E-state index contributed by atoms with van der Waals surface area (Å²) < 4.78 is 32.6. The van der Waals surface area contributed by atoms with Crippen molar-refractivity contribution >= 4 is 34.2 Å². The molecule has 1 unspecified atom stereocenters. The van der Waals surface area contributed by atoms with Gasteiger partial charge in [-0.15, -0.1) is 11.3 Å². The first-order valence-corrected chi connectivity index (χ1v) is 11.4. The zero-order chi connectivity index (χ0) is 22.9. The second kappa shape index (κ2) is 8.84. The largest absolute Gasteiger partial charge is 0.351 e. The SMILES string of the molecule is CC1=C(c2nc(-c3ccc(F)cc3)no2)C(c2ccc(F)cc2)NC(=S)N1Cc1cccs1. The lowest BCUT2D eigenvalue weighted by molar-refractivity contribution is 0.396. The molecule has 166 valence electrons. The zero-order valence-electron chi connectivity index (χ0n) is 17.5. The predicted molar refractivity (Wildman–Crippen MR) is 127 cm³/mol. The van der Waals surface area contributed by atoms with E-state index in [1.54, 1.807) is 35.6 Å². The van der Waals surface area contributed by atoms with Crippen molar-refractivity contribution in [2.24, 2.45) is 0 Å². The topological polar surface area (TPSA) is 54.2 Å². The number of hydrogen-bond donors (Lipinski definition) is 1. The van der Waals surface area contributed by atoms with Gasteiger partial charge in [0.15, 0.2) is 5.11 Å². The maximum absolute atomic E-state index is 13.6. The van der Waals surface area contributed by atoms with E-state index < -0.39 is 6.04 Å². The number of hydrogen-bond acceptors (Lipinski definition) is 5. The molecule has 0 radical (unpaired) electrons. The minimum Gasteiger partial charge on any atom is -0.351 e. The van der Waals surface area contributed by atoms with Gasteiger partial charge in [-0.2, -0.15) is 4.98 Å². The monoisotopic (exact) mass is 480 g/mol. The van der Waals surface area contributed by atoms with Gasteiger partial charge in [-0.05, 0) is 72.5 Å². The van der Waals surface area contributed by atoms with Crippen molar-refractivity contribution in [2.45, 2.75) is 19.5 Å².